The molecule has 0 saturated carbocycles. The van der Waals surface area contributed by atoms with Crippen molar-refractivity contribution in [3.05, 3.63) is 0 Å². The number of unbranched alkanes of at least 4 members (excludes halogenated alkanes) is 12. The Kier molecular flexibility index (Phi) is 15.2. The number of carbonyl (C=O) groups excluding carboxylic acids is 1. The third kappa shape index (κ3) is 13.3. The molecule has 1 unspecified atom stereocenters. The van der Waals surface area contributed by atoms with Gasteiger partial charge < -0.3 is 11.5 Å². The molecule has 3 nitrogen and oxygen atoms in total. The molecule has 2 atom stereocenters. The normalized spacial score (nSPS) is 14.0. The lowest BCUT2D eigenvalue weighted by molar-refractivity contribution is -0.121. The minimum absolute atomic E-state index is 0.000985. The SMILES string of the molecule is CCCCCCCCCCCCCCCC(N)C(=O)[C@H](C)N. The zero-order valence-corrected chi connectivity index (χ0v) is 15.1. The van der Waals surface area contributed by atoms with Crippen molar-refractivity contribution in [3.63, 3.8) is 0 Å². The van der Waals surface area contributed by atoms with Crippen LogP contribution >= 0.6 is 0 Å². The monoisotopic (exact) mass is 312 g/mol. The highest BCUT2D eigenvalue weighted by Crippen LogP contribution is 2.13. The molecule has 0 radical (unpaired) electrons. The maximum Gasteiger partial charge on any atom is 0.165 e. The lowest BCUT2D eigenvalue weighted by Gasteiger charge is -2.12. The third-order valence-electron chi connectivity index (χ3n) is 4.43. The quantitative estimate of drug-likeness (QED) is 0.405. The van der Waals surface area contributed by atoms with Crippen LogP contribution in [0, 0.1) is 0 Å². The Morgan fingerprint density at radius 3 is 1.45 bits per heavy atom. The Balaban J connectivity index is 3.19. The van der Waals surface area contributed by atoms with Gasteiger partial charge in [0.1, 0.15) is 0 Å². The summed E-state index contributed by atoms with van der Waals surface area (Å²) in [6.45, 7) is 3.98. The van der Waals surface area contributed by atoms with Gasteiger partial charge >= 0.3 is 0 Å². The second-order valence-corrected chi connectivity index (χ2v) is 6.83. The highest BCUT2D eigenvalue weighted by Gasteiger charge is 2.16. The minimum Gasteiger partial charge on any atom is -0.322 e. The smallest absolute Gasteiger partial charge is 0.165 e. The Labute approximate surface area is 138 Å². The second-order valence-electron chi connectivity index (χ2n) is 6.83. The first-order chi connectivity index (χ1) is 10.6. The van der Waals surface area contributed by atoms with Crippen molar-refractivity contribution in [2.75, 3.05) is 0 Å². The molecule has 0 aliphatic carbocycles. The molecule has 0 rings (SSSR count). The summed E-state index contributed by atoms with van der Waals surface area (Å²) in [7, 11) is 0. The van der Waals surface area contributed by atoms with Crippen LogP contribution < -0.4 is 11.5 Å². The van der Waals surface area contributed by atoms with Gasteiger partial charge in [0, 0.05) is 0 Å². The second kappa shape index (κ2) is 15.5. The van der Waals surface area contributed by atoms with Gasteiger partial charge in [0.25, 0.3) is 0 Å². The summed E-state index contributed by atoms with van der Waals surface area (Å²) < 4.78 is 0. The predicted molar refractivity (Wildman–Crippen MR) is 96.9 cm³/mol. The number of hydrogen-bond donors (Lipinski definition) is 2. The molecule has 0 fully saturated rings. The van der Waals surface area contributed by atoms with E-state index in [0.29, 0.717) is 0 Å². The number of carbonyl (C=O) groups is 1. The molecular formula is C19H40N2O. The highest BCUT2D eigenvalue weighted by molar-refractivity contribution is 5.88. The van der Waals surface area contributed by atoms with E-state index in [9.17, 15) is 4.79 Å². The number of Topliss-reactive ketones (excluding diaryl/α,β-unsaturated/α-hetero) is 1. The first-order valence-corrected chi connectivity index (χ1v) is 9.64. The minimum atomic E-state index is -0.419. The molecule has 4 N–H and O–H groups in total. The lowest BCUT2D eigenvalue weighted by Crippen LogP contribution is -2.41. The number of hydrogen-bond acceptors (Lipinski definition) is 3. The zero-order chi connectivity index (χ0) is 16.6. The average molecular weight is 313 g/mol. The van der Waals surface area contributed by atoms with Gasteiger partial charge in [-0.15, -0.1) is 0 Å². The van der Waals surface area contributed by atoms with E-state index in [0.717, 1.165) is 12.8 Å². The molecule has 0 aromatic rings. The molecule has 0 amide bonds. The fraction of sp³-hybridized carbons (Fsp3) is 0.947. The van der Waals surface area contributed by atoms with Gasteiger partial charge in [-0.1, -0.05) is 90.4 Å². The highest BCUT2D eigenvalue weighted by atomic mass is 16.1. The predicted octanol–water partition coefficient (Wildman–Crippen LogP) is 4.71. The first-order valence-electron chi connectivity index (χ1n) is 9.64. The van der Waals surface area contributed by atoms with E-state index in [4.69, 9.17) is 11.5 Å². The van der Waals surface area contributed by atoms with E-state index in [1.165, 1.54) is 77.0 Å². The molecule has 0 saturated heterocycles. The topological polar surface area (TPSA) is 69.1 Å². The summed E-state index contributed by atoms with van der Waals surface area (Å²) in [5, 5.41) is 0. The van der Waals surface area contributed by atoms with Crippen LogP contribution in [0.15, 0.2) is 0 Å². The van der Waals surface area contributed by atoms with E-state index in [1.54, 1.807) is 6.92 Å². The van der Waals surface area contributed by atoms with Crippen LogP contribution in [0.3, 0.4) is 0 Å². The van der Waals surface area contributed by atoms with Crippen molar-refractivity contribution >= 4 is 5.78 Å². The van der Waals surface area contributed by atoms with E-state index >= 15 is 0 Å². The van der Waals surface area contributed by atoms with Gasteiger partial charge in [-0.2, -0.15) is 0 Å². The standard InChI is InChI=1S/C19H40N2O/c1-3-4-5-6-7-8-9-10-11-12-13-14-15-16-18(21)19(22)17(2)20/h17-18H,3-16,20-21H2,1-2H3/t17-,18?/m0/s1. The third-order valence-corrected chi connectivity index (χ3v) is 4.43. The van der Waals surface area contributed by atoms with E-state index in [1.807, 2.05) is 0 Å². The molecular weight excluding hydrogens is 272 g/mol. The van der Waals surface area contributed by atoms with Crippen molar-refractivity contribution in [1.29, 1.82) is 0 Å². The van der Waals surface area contributed by atoms with Crippen molar-refractivity contribution in [2.24, 2.45) is 11.5 Å². The summed E-state index contributed by atoms with van der Waals surface area (Å²) in [6.07, 6.45) is 18.2. The number of nitrogens with two attached hydrogens (primary N) is 2. The molecule has 22 heavy (non-hydrogen) atoms. The fourth-order valence-electron chi connectivity index (χ4n) is 2.86. The van der Waals surface area contributed by atoms with Crippen LogP contribution in [0.2, 0.25) is 0 Å². The maximum absolute atomic E-state index is 11.5. The Bertz CT molecular complexity index is 254. The average Bonchev–Trinajstić information content (AvgIpc) is 2.50. The Morgan fingerprint density at radius 2 is 1.09 bits per heavy atom. The van der Waals surface area contributed by atoms with Gasteiger partial charge in [-0.05, 0) is 13.3 Å². The zero-order valence-electron chi connectivity index (χ0n) is 15.1. The molecule has 3 heteroatoms. The van der Waals surface area contributed by atoms with Crippen molar-refractivity contribution in [3.8, 4) is 0 Å². The van der Waals surface area contributed by atoms with Gasteiger partial charge in [0.15, 0.2) is 5.78 Å². The van der Waals surface area contributed by atoms with Gasteiger partial charge in [-0.3, -0.25) is 4.79 Å². The summed E-state index contributed by atoms with van der Waals surface area (Å²) >= 11 is 0. The van der Waals surface area contributed by atoms with Gasteiger partial charge in [-0.25, -0.2) is 0 Å². The van der Waals surface area contributed by atoms with Crippen LogP contribution in [-0.4, -0.2) is 17.9 Å². The Morgan fingerprint density at radius 1 is 0.727 bits per heavy atom. The molecule has 0 aromatic carbocycles. The fourth-order valence-corrected chi connectivity index (χ4v) is 2.86. The number of ketones is 1. The maximum atomic E-state index is 11.5. The summed E-state index contributed by atoms with van der Waals surface area (Å²) in [5.74, 6) is -0.000985. The van der Waals surface area contributed by atoms with Crippen LogP contribution in [0.4, 0.5) is 0 Å². The molecule has 0 aliphatic rings. The van der Waals surface area contributed by atoms with E-state index < -0.39 is 6.04 Å². The van der Waals surface area contributed by atoms with Crippen molar-refractivity contribution < 1.29 is 4.79 Å². The molecule has 0 aliphatic heterocycles. The van der Waals surface area contributed by atoms with Crippen molar-refractivity contribution in [1.82, 2.24) is 0 Å². The van der Waals surface area contributed by atoms with Crippen LogP contribution in [0.1, 0.15) is 104 Å². The van der Waals surface area contributed by atoms with Crippen molar-refractivity contribution in [2.45, 2.75) is 116 Å². The number of rotatable bonds is 16. The van der Waals surface area contributed by atoms with Gasteiger partial charge in [0.05, 0.1) is 12.1 Å². The van der Waals surface area contributed by atoms with E-state index in [2.05, 4.69) is 6.92 Å². The molecule has 0 aromatic heterocycles. The summed E-state index contributed by atoms with van der Waals surface area (Å²) in [5.41, 5.74) is 11.4. The largest absolute Gasteiger partial charge is 0.322 e. The van der Waals surface area contributed by atoms with Gasteiger partial charge in [0.2, 0.25) is 0 Å². The first kappa shape index (κ1) is 21.6. The Hall–Kier alpha value is -0.410. The summed E-state index contributed by atoms with van der Waals surface area (Å²) in [4.78, 5) is 11.5. The molecule has 0 spiro atoms. The lowest BCUT2D eigenvalue weighted by atomic mass is 10.00. The van der Waals surface area contributed by atoms with Crippen LogP contribution in [0.5, 0.6) is 0 Å². The molecule has 0 bridgehead atoms. The van der Waals surface area contributed by atoms with Crippen LogP contribution in [0.25, 0.3) is 0 Å². The van der Waals surface area contributed by atoms with E-state index in [-0.39, 0.29) is 11.8 Å². The van der Waals surface area contributed by atoms with Crippen LogP contribution in [-0.2, 0) is 4.79 Å². The molecule has 0 heterocycles. The summed E-state index contributed by atoms with van der Waals surface area (Å²) in [6, 6.07) is -0.773. The molecule has 132 valence electrons.